The first-order valence-corrected chi connectivity index (χ1v) is 6.76. The maximum atomic E-state index is 12.0. The number of hydrogen-bond acceptors (Lipinski definition) is 3. The van der Waals surface area contributed by atoms with Gasteiger partial charge in [0.05, 0.1) is 18.9 Å². The highest BCUT2D eigenvalue weighted by atomic mass is 127. The van der Waals surface area contributed by atoms with Crippen molar-refractivity contribution >= 4 is 28.5 Å². The third-order valence-corrected chi connectivity index (χ3v) is 4.64. The van der Waals surface area contributed by atoms with E-state index in [-0.39, 0.29) is 5.91 Å². The lowest BCUT2D eigenvalue weighted by molar-refractivity contribution is 0.0923. The lowest BCUT2D eigenvalue weighted by Gasteiger charge is -2.07. The largest absolute Gasteiger partial charge is 0.381 e. The quantitative estimate of drug-likeness (QED) is 0.825. The van der Waals surface area contributed by atoms with Crippen molar-refractivity contribution in [3.8, 4) is 0 Å². The molecule has 90 valence electrons. The normalized spacial score (nSPS) is 29.9. The highest BCUT2D eigenvalue weighted by Gasteiger charge is 2.54. The van der Waals surface area contributed by atoms with Crippen molar-refractivity contribution in [1.29, 1.82) is 0 Å². The summed E-state index contributed by atoms with van der Waals surface area (Å²) in [4.78, 5) is 16.3. The van der Waals surface area contributed by atoms with Crippen LogP contribution in [0.1, 0.15) is 16.2 Å². The zero-order chi connectivity index (χ0) is 12.0. The van der Waals surface area contributed by atoms with Crippen LogP contribution >= 0.6 is 22.6 Å². The predicted molar refractivity (Wildman–Crippen MR) is 70.7 cm³/mol. The van der Waals surface area contributed by atoms with Crippen LogP contribution in [0.25, 0.3) is 0 Å². The van der Waals surface area contributed by atoms with Gasteiger partial charge in [-0.1, -0.05) is 0 Å². The highest BCUT2D eigenvalue weighted by molar-refractivity contribution is 14.1. The van der Waals surface area contributed by atoms with Gasteiger partial charge < -0.3 is 10.1 Å². The van der Waals surface area contributed by atoms with Gasteiger partial charge in [0.1, 0.15) is 5.69 Å². The van der Waals surface area contributed by atoms with Gasteiger partial charge in [-0.2, -0.15) is 0 Å². The highest BCUT2D eigenvalue weighted by Crippen LogP contribution is 2.44. The Hall–Kier alpha value is -0.690. The molecule has 1 aromatic rings. The molecule has 0 radical (unpaired) electrons. The number of fused-ring (bicyclic) bond motifs is 1. The van der Waals surface area contributed by atoms with Gasteiger partial charge in [-0.25, -0.2) is 4.98 Å². The zero-order valence-corrected chi connectivity index (χ0v) is 11.6. The lowest BCUT2D eigenvalue weighted by atomic mass is 10.3. The summed E-state index contributed by atoms with van der Waals surface area (Å²) in [6, 6.07) is 4.01. The Morgan fingerprint density at radius 2 is 2.18 bits per heavy atom. The lowest BCUT2D eigenvalue weighted by Crippen LogP contribution is -2.30. The van der Waals surface area contributed by atoms with Gasteiger partial charge in [-0.15, -0.1) is 0 Å². The van der Waals surface area contributed by atoms with E-state index in [9.17, 15) is 4.79 Å². The fraction of sp³-hybridized carbons (Fsp3) is 0.500. The van der Waals surface area contributed by atoms with Crippen molar-refractivity contribution in [3.05, 3.63) is 27.1 Å². The summed E-state index contributed by atoms with van der Waals surface area (Å²) in [5.41, 5.74) is 1.41. The third kappa shape index (κ3) is 2.06. The van der Waals surface area contributed by atoms with Crippen LogP contribution in [0.2, 0.25) is 0 Å². The summed E-state index contributed by atoms with van der Waals surface area (Å²) in [5.74, 6) is 0.997. The van der Waals surface area contributed by atoms with Crippen LogP contribution in [0.15, 0.2) is 12.1 Å². The average Bonchev–Trinajstić information content (AvgIpc) is 2.76. The van der Waals surface area contributed by atoms with Crippen molar-refractivity contribution in [2.75, 3.05) is 13.2 Å². The summed E-state index contributed by atoms with van der Waals surface area (Å²) in [6.07, 6.45) is 0. The summed E-state index contributed by atoms with van der Waals surface area (Å²) >= 11 is 2.21. The number of rotatable bonds is 2. The fourth-order valence-corrected chi connectivity index (χ4v) is 2.65. The number of nitrogens with one attached hydrogen (secondary N) is 1. The van der Waals surface area contributed by atoms with E-state index in [4.69, 9.17) is 4.74 Å². The molecule has 2 aliphatic rings. The van der Waals surface area contributed by atoms with E-state index in [2.05, 4.69) is 32.9 Å². The number of carbonyl (C=O) groups is 1. The molecule has 1 amide bonds. The number of ether oxygens (including phenoxy) is 1. The molecule has 0 bridgehead atoms. The van der Waals surface area contributed by atoms with Gasteiger partial charge in [0.2, 0.25) is 0 Å². The number of carbonyl (C=O) groups excluding carboxylic acids is 1. The molecule has 3 atom stereocenters. The van der Waals surface area contributed by atoms with Crippen LogP contribution in [0.5, 0.6) is 0 Å². The molecule has 17 heavy (non-hydrogen) atoms. The van der Waals surface area contributed by atoms with E-state index >= 15 is 0 Å². The van der Waals surface area contributed by atoms with Crippen molar-refractivity contribution in [2.45, 2.75) is 13.0 Å². The van der Waals surface area contributed by atoms with E-state index < -0.39 is 0 Å². The van der Waals surface area contributed by atoms with Crippen LogP contribution in [0.3, 0.4) is 0 Å². The molecule has 1 unspecified atom stereocenters. The second kappa shape index (κ2) is 4.20. The standard InChI is InChI=1S/C12H13IN2O2/c1-6-9(13)2-3-10(14-6)12(16)15-11-7-4-17-5-8(7)11/h2-3,7-8,11H,4-5H2,1H3,(H,15,16)/t7-,8+,11?. The summed E-state index contributed by atoms with van der Waals surface area (Å²) in [7, 11) is 0. The Balaban J connectivity index is 1.68. The van der Waals surface area contributed by atoms with E-state index in [1.165, 1.54) is 0 Å². The molecule has 4 nitrogen and oxygen atoms in total. The minimum Gasteiger partial charge on any atom is -0.381 e. The van der Waals surface area contributed by atoms with Crippen molar-refractivity contribution in [2.24, 2.45) is 11.8 Å². The first-order valence-electron chi connectivity index (χ1n) is 5.68. The SMILES string of the molecule is Cc1nc(C(=O)NC2[C@H]3COC[C@@H]23)ccc1I. The number of halogens is 1. The Morgan fingerprint density at radius 3 is 2.82 bits per heavy atom. The van der Waals surface area contributed by atoms with Gasteiger partial charge in [-0.05, 0) is 41.6 Å². The van der Waals surface area contributed by atoms with E-state index in [0.717, 1.165) is 22.5 Å². The topological polar surface area (TPSA) is 51.2 Å². The molecule has 1 aliphatic heterocycles. The first-order chi connectivity index (χ1) is 8.16. The molecule has 2 heterocycles. The van der Waals surface area contributed by atoms with Crippen LogP contribution in [-0.2, 0) is 4.74 Å². The number of nitrogens with zero attached hydrogens (tertiary/aromatic N) is 1. The second-order valence-corrected chi connectivity index (χ2v) is 5.79. The summed E-state index contributed by atoms with van der Waals surface area (Å²) in [6.45, 7) is 3.49. The maximum absolute atomic E-state index is 12.0. The first kappa shape index (κ1) is 11.4. The van der Waals surface area contributed by atoms with Gasteiger partial charge in [0.25, 0.3) is 5.91 Å². The number of aromatic nitrogens is 1. The average molecular weight is 344 g/mol. The number of aryl methyl sites for hydroxylation is 1. The van der Waals surface area contributed by atoms with Crippen molar-refractivity contribution in [1.82, 2.24) is 10.3 Å². The van der Waals surface area contributed by atoms with Crippen LogP contribution in [0.4, 0.5) is 0 Å². The molecule has 0 spiro atoms. The van der Waals surface area contributed by atoms with Gasteiger partial charge in [0, 0.05) is 21.4 Å². The Kier molecular flexibility index (Phi) is 2.82. The molecule has 5 heteroatoms. The number of pyridine rings is 1. The molecule has 1 saturated heterocycles. The molecule has 2 fully saturated rings. The Labute approximate surface area is 113 Å². The van der Waals surface area contributed by atoms with Crippen molar-refractivity contribution < 1.29 is 9.53 Å². The maximum Gasteiger partial charge on any atom is 0.270 e. The number of amides is 1. The molecule has 0 aromatic carbocycles. The molecular formula is C12H13IN2O2. The molecule has 1 aliphatic carbocycles. The molecular weight excluding hydrogens is 331 g/mol. The predicted octanol–water partition coefficient (Wildman–Crippen LogP) is 1.37. The van der Waals surface area contributed by atoms with Crippen LogP contribution in [0, 0.1) is 22.3 Å². The molecule has 1 aromatic heterocycles. The molecule has 3 rings (SSSR count). The smallest absolute Gasteiger partial charge is 0.270 e. The monoisotopic (exact) mass is 344 g/mol. The van der Waals surface area contributed by atoms with Gasteiger partial charge >= 0.3 is 0 Å². The molecule has 1 saturated carbocycles. The number of hydrogen-bond donors (Lipinski definition) is 1. The van der Waals surface area contributed by atoms with Crippen molar-refractivity contribution in [3.63, 3.8) is 0 Å². The van der Waals surface area contributed by atoms with Gasteiger partial charge in [-0.3, -0.25) is 4.79 Å². The van der Waals surface area contributed by atoms with E-state index in [0.29, 0.717) is 23.6 Å². The van der Waals surface area contributed by atoms with Crippen LogP contribution < -0.4 is 5.32 Å². The Morgan fingerprint density at radius 1 is 1.47 bits per heavy atom. The van der Waals surface area contributed by atoms with Crippen LogP contribution in [-0.4, -0.2) is 30.1 Å². The summed E-state index contributed by atoms with van der Waals surface area (Å²) in [5, 5.41) is 3.03. The van der Waals surface area contributed by atoms with E-state index in [1.54, 1.807) is 6.07 Å². The molecule has 1 N–H and O–H groups in total. The third-order valence-electron chi connectivity index (χ3n) is 3.50. The fourth-order valence-electron chi connectivity index (χ4n) is 2.35. The minimum absolute atomic E-state index is 0.0658. The Bertz CT molecular complexity index is 468. The summed E-state index contributed by atoms with van der Waals surface area (Å²) < 4.78 is 6.37. The second-order valence-electron chi connectivity index (χ2n) is 4.63. The van der Waals surface area contributed by atoms with Gasteiger partial charge in [0.15, 0.2) is 0 Å². The van der Waals surface area contributed by atoms with E-state index in [1.807, 2.05) is 13.0 Å². The minimum atomic E-state index is -0.0658. The zero-order valence-electron chi connectivity index (χ0n) is 9.44.